The topological polar surface area (TPSA) is 70.0 Å². The molecule has 0 saturated carbocycles. The molecule has 0 aliphatic rings. The van der Waals surface area contributed by atoms with E-state index in [-0.39, 0.29) is 30.0 Å². The van der Waals surface area contributed by atoms with E-state index in [4.69, 9.17) is 5.41 Å². The van der Waals surface area contributed by atoms with Crippen molar-refractivity contribution in [2.24, 2.45) is 11.8 Å². The minimum absolute atomic E-state index is 0.0527. The molecule has 0 atom stereocenters. The lowest BCUT2D eigenvalue weighted by molar-refractivity contribution is -0.137. The number of hydrogen-bond donors (Lipinski definition) is 2. The van der Waals surface area contributed by atoms with Gasteiger partial charge in [0.05, 0.1) is 12.4 Å². The number of Topliss-reactive ketones (excluding diaryl/α,β-unsaturated/α-hetero) is 2. The van der Waals surface area contributed by atoms with Crippen LogP contribution in [0.3, 0.4) is 0 Å². The molecule has 0 radical (unpaired) electrons. The standard InChI is InChI=1S/C10H18N2O2/c1-6(2)9(14)8(13)5-12-10(11)7(3)4/h6-7H,5H2,1-4H3,(H2,11,12). The monoisotopic (exact) mass is 198 g/mol. The van der Waals surface area contributed by atoms with Crippen LogP contribution in [0.15, 0.2) is 0 Å². The largest absolute Gasteiger partial charge is 0.366 e. The average molecular weight is 198 g/mol. The summed E-state index contributed by atoms with van der Waals surface area (Å²) in [6, 6.07) is 0. The van der Waals surface area contributed by atoms with Gasteiger partial charge in [-0.2, -0.15) is 0 Å². The van der Waals surface area contributed by atoms with E-state index in [9.17, 15) is 9.59 Å². The predicted molar refractivity (Wildman–Crippen MR) is 55.4 cm³/mol. The van der Waals surface area contributed by atoms with E-state index in [1.165, 1.54) is 0 Å². The lowest BCUT2D eigenvalue weighted by Gasteiger charge is -2.10. The summed E-state index contributed by atoms with van der Waals surface area (Å²) < 4.78 is 0. The van der Waals surface area contributed by atoms with Crippen molar-refractivity contribution in [2.75, 3.05) is 6.54 Å². The van der Waals surface area contributed by atoms with Crippen LogP contribution in [0, 0.1) is 17.2 Å². The molecule has 2 N–H and O–H groups in total. The maximum absolute atomic E-state index is 11.2. The van der Waals surface area contributed by atoms with E-state index < -0.39 is 5.78 Å². The number of carbonyl (C=O) groups is 2. The van der Waals surface area contributed by atoms with Gasteiger partial charge in [-0.25, -0.2) is 0 Å². The van der Waals surface area contributed by atoms with Gasteiger partial charge >= 0.3 is 0 Å². The van der Waals surface area contributed by atoms with E-state index in [0.29, 0.717) is 0 Å². The van der Waals surface area contributed by atoms with Crippen molar-refractivity contribution in [3.05, 3.63) is 0 Å². The summed E-state index contributed by atoms with van der Waals surface area (Å²) in [5.41, 5.74) is 0. The van der Waals surface area contributed by atoms with E-state index in [1.54, 1.807) is 13.8 Å². The van der Waals surface area contributed by atoms with Crippen LogP contribution in [-0.4, -0.2) is 23.9 Å². The Balaban J connectivity index is 3.98. The number of rotatable bonds is 5. The summed E-state index contributed by atoms with van der Waals surface area (Å²) in [7, 11) is 0. The van der Waals surface area contributed by atoms with Gasteiger partial charge in [0, 0.05) is 11.8 Å². The minimum atomic E-state index is -0.453. The molecule has 4 nitrogen and oxygen atoms in total. The van der Waals surface area contributed by atoms with E-state index in [1.807, 2.05) is 13.8 Å². The maximum Gasteiger partial charge on any atom is 0.217 e. The molecule has 0 unspecified atom stereocenters. The molecule has 0 aromatic rings. The third kappa shape index (κ3) is 4.16. The SMILES string of the molecule is CC(C)C(=N)NCC(=O)C(=O)C(C)C. The zero-order chi connectivity index (χ0) is 11.3. The Bertz CT molecular complexity index is 245. The van der Waals surface area contributed by atoms with Crippen molar-refractivity contribution in [3.63, 3.8) is 0 Å². The maximum atomic E-state index is 11.2. The van der Waals surface area contributed by atoms with Crippen molar-refractivity contribution in [1.29, 1.82) is 5.41 Å². The molecule has 0 rings (SSSR count). The Morgan fingerprint density at radius 2 is 1.64 bits per heavy atom. The van der Waals surface area contributed by atoms with Crippen molar-refractivity contribution in [1.82, 2.24) is 5.32 Å². The van der Waals surface area contributed by atoms with Gasteiger partial charge in [0.1, 0.15) is 0 Å². The second-order valence-electron chi connectivity index (χ2n) is 3.86. The van der Waals surface area contributed by atoms with Crippen LogP contribution in [0.1, 0.15) is 27.7 Å². The summed E-state index contributed by atoms with van der Waals surface area (Å²) in [5.74, 6) is -0.760. The molecule has 0 heterocycles. The van der Waals surface area contributed by atoms with Gasteiger partial charge in [0.15, 0.2) is 0 Å². The van der Waals surface area contributed by atoms with Gasteiger partial charge < -0.3 is 5.32 Å². The Morgan fingerprint density at radius 1 is 1.14 bits per heavy atom. The Morgan fingerprint density at radius 3 is 2.00 bits per heavy atom. The summed E-state index contributed by atoms with van der Waals surface area (Å²) >= 11 is 0. The molecule has 0 aromatic carbocycles. The molecule has 0 amide bonds. The lowest BCUT2D eigenvalue weighted by Crippen LogP contribution is -2.36. The smallest absolute Gasteiger partial charge is 0.217 e. The van der Waals surface area contributed by atoms with Crippen LogP contribution in [0.5, 0.6) is 0 Å². The Kier molecular flexibility index (Phi) is 5.05. The fourth-order valence-corrected chi connectivity index (χ4v) is 0.789. The number of nitrogens with one attached hydrogen (secondary N) is 2. The highest BCUT2D eigenvalue weighted by Crippen LogP contribution is 1.95. The number of ketones is 2. The lowest BCUT2D eigenvalue weighted by atomic mass is 10.1. The first-order valence-corrected chi connectivity index (χ1v) is 4.75. The van der Waals surface area contributed by atoms with Gasteiger partial charge in [-0.1, -0.05) is 27.7 Å². The second kappa shape index (κ2) is 5.52. The number of amidine groups is 1. The summed E-state index contributed by atoms with van der Waals surface area (Å²) in [6.45, 7) is 7.02. The molecule has 0 aromatic heterocycles. The van der Waals surface area contributed by atoms with Crippen LogP contribution >= 0.6 is 0 Å². The molecule has 0 spiro atoms. The van der Waals surface area contributed by atoms with Gasteiger partial charge in [0.25, 0.3) is 0 Å². The zero-order valence-electron chi connectivity index (χ0n) is 9.18. The molecular weight excluding hydrogens is 180 g/mol. The highest BCUT2D eigenvalue weighted by Gasteiger charge is 2.17. The molecule has 14 heavy (non-hydrogen) atoms. The molecule has 80 valence electrons. The summed E-state index contributed by atoms with van der Waals surface area (Å²) in [4.78, 5) is 22.4. The highest BCUT2D eigenvalue weighted by atomic mass is 16.2. The van der Waals surface area contributed by atoms with Crippen molar-refractivity contribution in [3.8, 4) is 0 Å². The zero-order valence-corrected chi connectivity index (χ0v) is 9.18. The molecule has 0 saturated heterocycles. The Hall–Kier alpha value is -1.19. The summed E-state index contributed by atoms with van der Waals surface area (Å²) in [5, 5.41) is 10.0. The van der Waals surface area contributed by atoms with Crippen LogP contribution in [0.2, 0.25) is 0 Å². The normalized spacial score (nSPS) is 10.4. The first-order chi connectivity index (χ1) is 6.36. The van der Waals surface area contributed by atoms with E-state index >= 15 is 0 Å². The third-order valence-corrected chi connectivity index (χ3v) is 1.82. The van der Waals surface area contributed by atoms with Gasteiger partial charge in [-0.05, 0) is 0 Å². The fourth-order valence-electron chi connectivity index (χ4n) is 0.789. The predicted octanol–water partition coefficient (Wildman–Crippen LogP) is 1.00. The first kappa shape index (κ1) is 12.8. The molecule has 4 heteroatoms. The van der Waals surface area contributed by atoms with E-state index in [2.05, 4.69) is 5.32 Å². The van der Waals surface area contributed by atoms with Crippen LogP contribution in [0.4, 0.5) is 0 Å². The van der Waals surface area contributed by atoms with Crippen LogP contribution < -0.4 is 5.32 Å². The van der Waals surface area contributed by atoms with Crippen molar-refractivity contribution >= 4 is 17.4 Å². The minimum Gasteiger partial charge on any atom is -0.366 e. The number of carbonyl (C=O) groups excluding carboxylic acids is 2. The molecule has 0 fully saturated rings. The first-order valence-electron chi connectivity index (χ1n) is 4.75. The third-order valence-electron chi connectivity index (χ3n) is 1.82. The van der Waals surface area contributed by atoms with Gasteiger partial charge in [0.2, 0.25) is 11.6 Å². The summed E-state index contributed by atoms with van der Waals surface area (Å²) in [6.07, 6.45) is 0. The van der Waals surface area contributed by atoms with Crippen LogP contribution in [-0.2, 0) is 9.59 Å². The number of hydrogen-bond acceptors (Lipinski definition) is 3. The highest BCUT2D eigenvalue weighted by molar-refractivity contribution is 6.38. The molecule has 0 aliphatic heterocycles. The van der Waals surface area contributed by atoms with Gasteiger partial charge in [-0.15, -0.1) is 0 Å². The van der Waals surface area contributed by atoms with E-state index in [0.717, 1.165) is 0 Å². The average Bonchev–Trinajstić information content (AvgIpc) is 2.11. The molecule has 0 aliphatic carbocycles. The van der Waals surface area contributed by atoms with Crippen molar-refractivity contribution in [2.45, 2.75) is 27.7 Å². The Labute approximate surface area is 84.6 Å². The van der Waals surface area contributed by atoms with Gasteiger partial charge in [-0.3, -0.25) is 15.0 Å². The van der Waals surface area contributed by atoms with Crippen LogP contribution in [0.25, 0.3) is 0 Å². The molecule has 0 bridgehead atoms. The quantitative estimate of drug-likeness (QED) is 0.393. The molecular formula is C10H18N2O2. The second-order valence-corrected chi connectivity index (χ2v) is 3.86. The van der Waals surface area contributed by atoms with Crippen molar-refractivity contribution < 1.29 is 9.59 Å². The fraction of sp³-hybridized carbons (Fsp3) is 0.700.